The Morgan fingerprint density at radius 3 is 2.37 bits per heavy atom. The van der Waals surface area contributed by atoms with Crippen LogP contribution in [0.1, 0.15) is 31.3 Å². The molecule has 0 aliphatic heterocycles. The maximum atomic E-state index is 12.7. The molecule has 0 bridgehead atoms. The average Bonchev–Trinajstić information content (AvgIpc) is 2.61. The van der Waals surface area contributed by atoms with Crippen molar-refractivity contribution in [3.05, 3.63) is 71.4 Å². The van der Waals surface area contributed by atoms with Gasteiger partial charge < -0.3 is 10.6 Å². The summed E-state index contributed by atoms with van der Waals surface area (Å²) >= 11 is 6.06. The minimum atomic E-state index is -0.366. The lowest BCUT2D eigenvalue weighted by Crippen LogP contribution is -2.41. The number of hydrogen-bond acceptors (Lipinski definition) is 4. The van der Waals surface area contributed by atoms with Crippen molar-refractivity contribution in [2.75, 3.05) is 5.32 Å². The number of aromatic nitrogens is 2. The molecule has 27 heavy (non-hydrogen) atoms. The zero-order valence-corrected chi connectivity index (χ0v) is 16.2. The van der Waals surface area contributed by atoms with E-state index in [0.717, 1.165) is 11.3 Å². The lowest BCUT2D eigenvalue weighted by molar-refractivity contribution is 0.0914. The molecule has 1 heterocycles. The van der Waals surface area contributed by atoms with Crippen LogP contribution < -0.4 is 10.6 Å². The molecule has 0 atom stereocenters. The molecular weight excluding hydrogens is 360 g/mol. The Labute approximate surface area is 163 Å². The van der Waals surface area contributed by atoms with Gasteiger partial charge in [0.25, 0.3) is 5.91 Å². The van der Waals surface area contributed by atoms with Gasteiger partial charge in [0.2, 0.25) is 0 Å². The summed E-state index contributed by atoms with van der Waals surface area (Å²) in [6.07, 6.45) is 0. The molecule has 0 fully saturated rings. The SMILES string of the molecule is CC(C)(C)NC(=O)c1cc(Nc2cccc(Cl)c2)nc(-c2ccccc2)n1. The Hall–Kier alpha value is -2.92. The summed E-state index contributed by atoms with van der Waals surface area (Å²) in [4.78, 5) is 21.7. The van der Waals surface area contributed by atoms with E-state index in [1.807, 2.05) is 63.2 Å². The van der Waals surface area contributed by atoms with Crippen LogP contribution in [0.3, 0.4) is 0 Å². The number of hydrogen-bond donors (Lipinski definition) is 2. The Morgan fingerprint density at radius 2 is 1.70 bits per heavy atom. The van der Waals surface area contributed by atoms with Crippen molar-refractivity contribution in [1.29, 1.82) is 0 Å². The highest BCUT2D eigenvalue weighted by atomic mass is 35.5. The van der Waals surface area contributed by atoms with Crippen LogP contribution in [0.15, 0.2) is 60.7 Å². The fraction of sp³-hybridized carbons (Fsp3) is 0.190. The number of nitrogens with one attached hydrogen (secondary N) is 2. The molecule has 3 aromatic rings. The van der Waals surface area contributed by atoms with Crippen LogP contribution in [0, 0.1) is 0 Å². The third-order valence-electron chi connectivity index (χ3n) is 3.58. The first-order valence-electron chi connectivity index (χ1n) is 8.60. The van der Waals surface area contributed by atoms with Gasteiger partial charge in [-0.1, -0.05) is 48.0 Å². The van der Waals surface area contributed by atoms with Crippen molar-refractivity contribution in [1.82, 2.24) is 15.3 Å². The molecule has 0 aliphatic rings. The van der Waals surface area contributed by atoms with E-state index in [0.29, 0.717) is 22.4 Å². The molecule has 138 valence electrons. The smallest absolute Gasteiger partial charge is 0.270 e. The van der Waals surface area contributed by atoms with Crippen LogP contribution in [-0.4, -0.2) is 21.4 Å². The van der Waals surface area contributed by atoms with Crippen molar-refractivity contribution < 1.29 is 4.79 Å². The normalized spacial score (nSPS) is 11.1. The molecule has 3 rings (SSSR count). The number of nitrogens with zero attached hydrogens (tertiary/aromatic N) is 2. The maximum Gasteiger partial charge on any atom is 0.270 e. The maximum absolute atomic E-state index is 12.7. The molecule has 6 heteroatoms. The van der Waals surface area contributed by atoms with E-state index in [1.165, 1.54) is 0 Å². The second-order valence-electron chi connectivity index (χ2n) is 7.17. The Balaban J connectivity index is 2.01. The first kappa shape index (κ1) is 18.9. The molecule has 0 saturated carbocycles. The third-order valence-corrected chi connectivity index (χ3v) is 3.81. The molecule has 2 aromatic carbocycles. The Morgan fingerprint density at radius 1 is 0.963 bits per heavy atom. The van der Waals surface area contributed by atoms with Gasteiger partial charge in [-0.3, -0.25) is 4.79 Å². The van der Waals surface area contributed by atoms with Crippen LogP contribution in [-0.2, 0) is 0 Å². The van der Waals surface area contributed by atoms with Crippen LogP contribution in [0.4, 0.5) is 11.5 Å². The van der Waals surface area contributed by atoms with E-state index in [9.17, 15) is 4.79 Å². The zero-order chi connectivity index (χ0) is 19.4. The summed E-state index contributed by atoms with van der Waals surface area (Å²) < 4.78 is 0. The molecule has 0 radical (unpaired) electrons. The summed E-state index contributed by atoms with van der Waals surface area (Å²) in [6.45, 7) is 5.78. The number of benzene rings is 2. The second kappa shape index (κ2) is 7.76. The Kier molecular flexibility index (Phi) is 5.42. The number of halogens is 1. The largest absolute Gasteiger partial charge is 0.346 e. The zero-order valence-electron chi connectivity index (χ0n) is 15.5. The summed E-state index contributed by atoms with van der Waals surface area (Å²) in [7, 11) is 0. The lowest BCUT2D eigenvalue weighted by atomic mass is 10.1. The summed E-state index contributed by atoms with van der Waals surface area (Å²) in [5, 5.41) is 6.75. The number of amides is 1. The van der Waals surface area contributed by atoms with Gasteiger partial charge >= 0.3 is 0 Å². The molecule has 1 aromatic heterocycles. The minimum Gasteiger partial charge on any atom is -0.346 e. The summed E-state index contributed by atoms with van der Waals surface area (Å²) in [6, 6.07) is 18.5. The van der Waals surface area contributed by atoms with Crippen LogP contribution >= 0.6 is 11.6 Å². The quantitative estimate of drug-likeness (QED) is 0.663. The predicted molar refractivity (Wildman–Crippen MR) is 109 cm³/mol. The first-order chi connectivity index (χ1) is 12.8. The highest BCUT2D eigenvalue weighted by Crippen LogP contribution is 2.22. The van der Waals surface area contributed by atoms with Crippen LogP contribution in [0.2, 0.25) is 5.02 Å². The van der Waals surface area contributed by atoms with E-state index in [4.69, 9.17) is 11.6 Å². The van der Waals surface area contributed by atoms with Crippen molar-refractivity contribution >= 4 is 29.0 Å². The van der Waals surface area contributed by atoms with Crippen molar-refractivity contribution in [2.24, 2.45) is 0 Å². The monoisotopic (exact) mass is 380 g/mol. The number of anilines is 2. The number of carbonyl (C=O) groups excluding carboxylic acids is 1. The molecule has 0 saturated heterocycles. The van der Waals surface area contributed by atoms with Gasteiger partial charge in [0.05, 0.1) is 0 Å². The number of carbonyl (C=O) groups is 1. The van der Waals surface area contributed by atoms with Gasteiger partial charge in [-0.2, -0.15) is 0 Å². The minimum absolute atomic E-state index is 0.253. The van der Waals surface area contributed by atoms with E-state index >= 15 is 0 Å². The van der Waals surface area contributed by atoms with E-state index in [-0.39, 0.29) is 11.4 Å². The van der Waals surface area contributed by atoms with Crippen LogP contribution in [0.5, 0.6) is 0 Å². The van der Waals surface area contributed by atoms with Crippen molar-refractivity contribution in [2.45, 2.75) is 26.3 Å². The van der Waals surface area contributed by atoms with Gasteiger partial charge in [0.1, 0.15) is 11.5 Å². The van der Waals surface area contributed by atoms with Crippen molar-refractivity contribution in [3.8, 4) is 11.4 Å². The topological polar surface area (TPSA) is 66.9 Å². The van der Waals surface area contributed by atoms with E-state index in [2.05, 4.69) is 20.6 Å². The molecule has 2 N–H and O–H groups in total. The van der Waals surface area contributed by atoms with Gasteiger partial charge in [-0.05, 0) is 39.0 Å². The van der Waals surface area contributed by atoms with E-state index < -0.39 is 0 Å². The molecule has 1 amide bonds. The molecule has 0 spiro atoms. The van der Waals surface area contributed by atoms with Gasteiger partial charge in [0, 0.05) is 27.9 Å². The van der Waals surface area contributed by atoms with E-state index in [1.54, 1.807) is 18.2 Å². The first-order valence-corrected chi connectivity index (χ1v) is 8.97. The molecular formula is C21H21ClN4O. The molecule has 0 aliphatic carbocycles. The summed E-state index contributed by atoms with van der Waals surface area (Å²) in [5.41, 5.74) is 1.54. The van der Waals surface area contributed by atoms with Crippen LogP contribution in [0.25, 0.3) is 11.4 Å². The third kappa shape index (κ3) is 5.28. The highest BCUT2D eigenvalue weighted by molar-refractivity contribution is 6.30. The fourth-order valence-electron chi connectivity index (χ4n) is 2.46. The lowest BCUT2D eigenvalue weighted by Gasteiger charge is -2.20. The van der Waals surface area contributed by atoms with Gasteiger partial charge in [0.15, 0.2) is 5.82 Å². The Bertz CT molecular complexity index is 952. The van der Waals surface area contributed by atoms with Gasteiger partial charge in [-0.15, -0.1) is 0 Å². The molecule has 5 nitrogen and oxygen atoms in total. The van der Waals surface area contributed by atoms with Gasteiger partial charge in [-0.25, -0.2) is 9.97 Å². The standard InChI is InChI=1S/C21H21ClN4O/c1-21(2,3)26-20(27)17-13-18(23-16-11-7-10-15(22)12-16)25-19(24-17)14-8-5-4-6-9-14/h4-13H,1-3H3,(H,26,27)(H,23,24,25). The fourth-order valence-corrected chi connectivity index (χ4v) is 2.65. The predicted octanol–water partition coefficient (Wildman–Crippen LogP) is 5.07. The van der Waals surface area contributed by atoms with Crippen molar-refractivity contribution in [3.63, 3.8) is 0 Å². The summed E-state index contributed by atoms with van der Waals surface area (Å²) in [5.74, 6) is 0.739. The highest BCUT2D eigenvalue weighted by Gasteiger charge is 2.18. The second-order valence-corrected chi connectivity index (χ2v) is 7.60. The average molecular weight is 381 g/mol. The number of rotatable bonds is 4. The molecule has 0 unspecified atom stereocenters.